The summed E-state index contributed by atoms with van der Waals surface area (Å²) in [4.78, 5) is 22.9. The molecule has 9 heteroatoms. The average molecular weight is 746 g/mol. The summed E-state index contributed by atoms with van der Waals surface area (Å²) in [5.74, 6) is -0.183. The molecule has 3 unspecified atom stereocenters. The molecule has 0 spiro atoms. The molecule has 8 nitrogen and oxygen atoms in total. The fourth-order valence-corrected chi connectivity index (χ4v) is 7.01. The average Bonchev–Trinajstić information content (AvgIpc) is 3.07. The van der Waals surface area contributed by atoms with Crippen molar-refractivity contribution >= 4 is 13.7 Å². The Morgan fingerprint density at radius 1 is 0.647 bits per heavy atom. The van der Waals surface area contributed by atoms with Crippen molar-refractivity contribution in [3.05, 3.63) is 12.2 Å². The van der Waals surface area contributed by atoms with Crippen LogP contribution in [-0.2, 0) is 18.4 Å². The Balaban J connectivity index is 4.22. The zero-order chi connectivity index (χ0) is 37.9. The van der Waals surface area contributed by atoms with Crippen LogP contribution in [-0.4, -0.2) is 73.4 Å². The van der Waals surface area contributed by atoms with Gasteiger partial charge in [-0.2, -0.15) is 0 Å². The van der Waals surface area contributed by atoms with Crippen LogP contribution in [0.25, 0.3) is 0 Å². The first-order valence-corrected chi connectivity index (χ1v) is 23.1. The number of aliphatic hydroxyl groups excluding tert-OH is 1. The van der Waals surface area contributed by atoms with Crippen LogP contribution < -0.4 is 5.32 Å². The SMILES string of the molecule is CCCCCCCCCCCCCCCCCCCCCC/C=C/C(O)C(COP(=O)(O)OCC[N+](C)(C)C)NC(=O)CCCCCCCCC. The highest BCUT2D eigenvalue weighted by atomic mass is 31.2. The molecule has 0 aromatic rings. The van der Waals surface area contributed by atoms with E-state index in [1.165, 1.54) is 148 Å². The third-order valence-electron chi connectivity index (χ3n) is 9.76. The first kappa shape index (κ1) is 50.2. The number of hydrogen-bond acceptors (Lipinski definition) is 5. The van der Waals surface area contributed by atoms with E-state index >= 15 is 0 Å². The van der Waals surface area contributed by atoms with E-state index in [0.717, 1.165) is 32.1 Å². The van der Waals surface area contributed by atoms with Gasteiger partial charge in [0.25, 0.3) is 0 Å². The van der Waals surface area contributed by atoms with E-state index in [-0.39, 0.29) is 19.1 Å². The summed E-state index contributed by atoms with van der Waals surface area (Å²) < 4.78 is 23.4. The number of phosphoric ester groups is 1. The molecule has 0 fully saturated rings. The number of likely N-dealkylation sites (N-methyl/N-ethyl adjacent to an activating group) is 1. The second-order valence-electron chi connectivity index (χ2n) is 16.1. The van der Waals surface area contributed by atoms with Gasteiger partial charge < -0.3 is 19.8 Å². The predicted molar refractivity (Wildman–Crippen MR) is 217 cm³/mol. The van der Waals surface area contributed by atoms with Crippen molar-refractivity contribution < 1.29 is 32.9 Å². The minimum Gasteiger partial charge on any atom is -0.387 e. The highest BCUT2D eigenvalue weighted by molar-refractivity contribution is 7.47. The lowest BCUT2D eigenvalue weighted by Crippen LogP contribution is -2.45. The molecule has 0 saturated heterocycles. The van der Waals surface area contributed by atoms with Crippen molar-refractivity contribution in [2.45, 2.75) is 212 Å². The monoisotopic (exact) mass is 746 g/mol. The number of quaternary nitrogens is 1. The zero-order valence-electron chi connectivity index (χ0n) is 34.4. The van der Waals surface area contributed by atoms with E-state index in [4.69, 9.17) is 9.05 Å². The van der Waals surface area contributed by atoms with E-state index in [1.54, 1.807) is 6.08 Å². The second kappa shape index (κ2) is 35.0. The maximum atomic E-state index is 12.7. The third kappa shape index (κ3) is 37.4. The van der Waals surface area contributed by atoms with Gasteiger partial charge in [-0.15, -0.1) is 0 Å². The van der Waals surface area contributed by atoms with Gasteiger partial charge in [0.15, 0.2) is 0 Å². The van der Waals surface area contributed by atoms with Crippen molar-refractivity contribution in [2.24, 2.45) is 0 Å². The summed E-state index contributed by atoms with van der Waals surface area (Å²) in [5, 5.41) is 13.7. The van der Waals surface area contributed by atoms with Gasteiger partial charge in [-0.05, 0) is 19.3 Å². The van der Waals surface area contributed by atoms with Crippen LogP contribution in [0.3, 0.4) is 0 Å². The highest BCUT2D eigenvalue weighted by Crippen LogP contribution is 2.43. The lowest BCUT2D eigenvalue weighted by Gasteiger charge is -2.25. The minimum absolute atomic E-state index is 0.0640. The Hall–Kier alpha value is -0.760. The Labute approximate surface area is 316 Å². The topological polar surface area (TPSA) is 105 Å². The van der Waals surface area contributed by atoms with Gasteiger partial charge in [-0.1, -0.05) is 187 Å². The summed E-state index contributed by atoms with van der Waals surface area (Å²) in [6.45, 7) is 4.77. The summed E-state index contributed by atoms with van der Waals surface area (Å²) in [6, 6.07) is -0.837. The van der Waals surface area contributed by atoms with E-state index in [1.807, 2.05) is 27.2 Å². The van der Waals surface area contributed by atoms with Crippen LogP contribution in [0.2, 0.25) is 0 Å². The summed E-state index contributed by atoms with van der Waals surface area (Å²) >= 11 is 0. The summed E-state index contributed by atoms with van der Waals surface area (Å²) in [5.41, 5.74) is 0. The molecule has 51 heavy (non-hydrogen) atoms. The molecule has 0 bridgehead atoms. The summed E-state index contributed by atoms with van der Waals surface area (Å²) in [6.07, 6.45) is 38.7. The molecule has 0 aliphatic carbocycles. The van der Waals surface area contributed by atoms with Crippen LogP contribution in [0.1, 0.15) is 200 Å². The largest absolute Gasteiger partial charge is 0.472 e. The minimum atomic E-state index is -4.32. The molecule has 0 aliphatic rings. The lowest BCUT2D eigenvalue weighted by atomic mass is 10.0. The number of allylic oxidation sites excluding steroid dienone is 1. The Bertz CT molecular complexity index is 850. The number of phosphoric acid groups is 1. The van der Waals surface area contributed by atoms with Gasteiger partial charge in [0.2, 0.25) is 5.91 Å². The standard InChI is InChI=1S/C42H85N2O6P/c1-6-8-10-12-14-15-16-17-18-19-20-21-22-23-24-25-26-27-28-30-31-33-35-41(45)40(39-50-51(47,48)49-38-37-44(3,4)5)43-42(46)36-34-32-29-13-11-9-7-2/h33,35,40-41,45H,6-32,34,36-39H2,1-5H3,(H-,43,46,47,48)/p+1/b35-33+. The smallest absolute Gasteiger partial charge is 0.387 e. The Morgan fingerprint density at radius 2 is 1.04 bits per heavy atom. The first-order chi connectivity index (χ1) is 24.5. The fourth-order valence-electron chi connectivity index (χ4n) is 6.28. The maximum Gasteiger partial charge on any atom is 0.472 e. The van der Waals surface area contributed by atoms with Gasteiger partial charge in [0, 0.05) is 6.42 Å². The van der Waals surface area contributed by atoms with Crippen LogP contribution in [0.4, 0.5) is 0 Å². The van der Waals surface area contributed by atoms with Crippen LogP contribution >= 0.6 is 7.82 Å². The van der Waals surface area contributed by atoms with Gasteiger partial charge >= 0.3 is 7.82 Å². The highest BCUT2D eigenvalue weighted by Gasteiger charge is 2.27. The van der Waals surface area contributed by atoms with E-state index in [2.05, 4.69) is 19.2 Å². The Morgan fingerprint density at radius 3 is 1.45 bits per heavy atom. The molecule has 0 rings (SSSR count). The number of carbonyl (C=O) groups is 1. The molecule has 1 amide bonds. The van der Waals surface area contributed by atoms with E-state index < -0.39 is 20.0 Å². The van der Waals surface area contributed by atoms with E-state index in [0.29, 0.717) is 17.4 Å². The van der Waals surface area contributed by atoms with Crippen molar-refractivity contribution in [1.29, 1.82) is 0 Å². The van der Waals surface area contributed by atoms with Crippen LogP contribution in [0.5, 0.6) is 0 Å². The van der Waals surface area contributed by atoms with Crippen LogP contribution in [0, 0.1) is 0 Å². The zero-order valence-corrected chi connectivity index (χ0v) is 35.3. The number of unbranched alkanes of at least 4 members (excludes halogenated alkanes) is 26. The first-order valence-electron chi connectivity index (χ1n) is 21.6. The maximum absolute atomic E-state index is 12.7. The van der Waals surface area contributed by atoms with Gasteiger partial charge in [-0.25, -0.2) is 4.57 Å². The van der Waals surface area contributed by atoms with Crippen molar-refractivity contribution in [3.8, 4) is 0 Å². The Kier molecular flexibility index (Phi) is 34.5. The van der Waals surface area contributed by atoms with Crippen molar-refractivity contribution in [2.75, 3.05) is 40.9 Å². The number of rotatable bonds is 39. The molecule has 0 aromatic heterocycles. The molecule has 0 heterocycles. The van der Waals surface area contributed by atoms with Crippen molar-refractivity contribution in [1.82, 2.24) is 5.32 Å². The fraction of sp³-hybridized carbons (Fsp3) is 0.929. The molecule has 3 atom stereocenters. The molecular weight excluding hydrogens is 659 g/mol. The molecule has 0 aromatic carbocycles. The number of hydrogen-bond donors (Lipinski definition) is 3. The number of amides is 1. The lowest BCUT2D eigenvalue weighted by molar-refractivity contribution is -0.870. The molecule has 0 radical (unpaired) electrons. The third-order valence-corrected chi connectivity index (χ3v) is 10.7. The number of aliphatic hydroxyl groups is 1. The van der Waals surface area contributed by atoms with Gasteiger partial charge in [0.05, 0.1) is 39.9 Å². The summed E-state index contributed by atoms with van der Waals surface area (Å²) in [7, 11) is 1.58. The van der Waals surface area contributed by atoms with Crippen molar-refractivity contribution in [3.63, 3.8) is 0 Å². The number of nitrogens with one attached hydrogen (secondary N) is 1. The molecule has 0 aliphatic heterocycles. The molecule has 3 N–H and O–H groups in total. The second-order valence-corrected chi connectivity index (χ2v) is 17.5. The van der Waals surface area contributed by atoms with Crippen LogP contribution in [0.15, 0.2) is 12.2 Å². The molecular formula is C42H86N2O6P+. The number of carbonyl (C=O) groups excluding carboxylic acids is 1. The number of nitrogens with zero attached hydrogens (tertiary/aromatic N) is 1. The van der Waals surface area contributed by atoms with Gasteiger partial charge in [0.1, 0.15) is 13.2 Å². The van der Waals surface area contributed by atoms with Gasteiger partial charge in [-0.3, -0.25) is 13.8 Å². The normalized spacial score (nSPS) is 14.6. The van der Waals surface area contributed by atoms with E-state index in [9.17, 15) is 19.4 Å². The molecule has 304 valence electrons. The molecule has 0 saturated carbocycles. The predicted octanol–water partition coefficient (Wildman–Crippen LogP) is 11.6. The quantitative estimate of drug-likeness (QED) is 0.0250.